The van der Waals surface area contributed by atoms with E-state index in [0.29, 0.717) is 27.8 Å². The fraction of sp³-hybridized carbons (Fsp3) is 0.433. The number of amides is 4. The van der Waals surface area contributed by atoms with Gasteiger partial charge in [0, 0.05) is 35.0 Å². The zero-order chi connectivity index (χ0) is 30.3. The van der Waals surface area contributed by atoms with Crippen LogP contribution in [0.25, 0.3) is 10.1 Å². The number of carboxylic acids is 1. The van der Waals surface area contributed by atoms with Gasteiger partial charge in [0.2, 0.25) is 17.7 Å². The number of aliphatic carboxylic acids is 1. The Labute approximate surface area is 252 Å². The van der Waals surface area contributed by atoms with Crippen molar-refractivity contribution in [2.45, 2.75) is 62.7 Å². The number of hydrogen-bond acceptors (Lipinski definition) is 6. The molecule has 4 amide bonds. The number of benzene rings is 1. The summed E-state index contributed by atoms with van der Waals surface area (Å²) in [6, 6.07) is 4.56. The van der Waals surface area contributed by atoms with Crippen LogP contribution in [0.4, 0.5) is 0 Å². The maximum absolute atomic E-state index is 13.9. The molecule has 0 bridgehead atoms. The second-order valence-corrected chi connectivity index (χ2v) is 12.9. The van der Waals surface area contributed by atoms with Gasteiger partial charge < -0.3 is 26.0 Å². The average molecular weight is 613 g/mol. The molecule has 4 N–H and O–H groups in total. The molecule has 42 heavy (non-hydrogen) atoms. The van der Waals surface area contributed by atoms with Crippen molar-refractivity contribution in [3.63, 3.8) is 0 Å². The number of nitrogens with one attached hydrogen (secondary N) is 3. The van der Waals surface area contributed by atoms with Crippen molar-refractivity contribution in [3.8, 4) is 0 Å². The highest BCUT2D eigenvalue weighted by Gasteiger charge is 2.61. The standard InChI is InChI=1S/C30H33ClN4O6S/c1-4-17-13-30(17,29(40)41)34-26(37)20-12-18(32-27(38)25-23(31)19-7-5-6-8-21(19)42-25)14-35(20)28(39)24(15(2)3)33-22(36)11-16-9-10-16/h4-8,16-18,20,24H,1-2,9-14H2,3H3,(H,32,38)(H,33,36)(H,34,37)(H,40,41)/t17?,18-,20+,24+,30?/m1/s1. The van der Waals surface area contributed by atoms with Gasteiger partial charge in [-0.1, -0.05) is 42.5 Å². The number of fused-ring (bicyclic) bond motifs is 1. The number of carbonyl (C=O) groups excluding carboxylic acids is 4. The van der Waals surface area contributed by atoms with E-state index in [1.54, 1.807) is 6.92 Å². The van der Waals surface area contributed by atoms with Crippen molar-refractivity contribution in [1.29, 1.82) is 0 Å². The Morgan fingerprint density at radius 3 is 2.55 bits per heavy atom. The van der Waals surface area contributed by atoms with Gasteiger partial charge in [-0.05, 0) is 50.2 Å². The van der Waals surface area contributed by atoms with E-state index < -0.39 is 53.3 Å². The van der Waals surface area contributed by atoms with Gasteiger partial charge in [-0.15, -0.1) is 17.9 Å². The van der Waals surface area contributed by atoms with Crippen LogP contribution in [-0.2, 0) is 19.2 Å². The number of rotatable bonds is 11. The van der Waals surface area contributed by atoms with Gasteiger partial charge in [0.15, 0.2) is 0 Å². The van der Waals surface area contributed by atoms with Crippen LogP contribution in [0.15, 0.2) is 49.1 Å². The Kier molecular flexibility index (Phi) is 8.17. The SMILES string of the molecule is C=CC1CC1(NC(=O)[C@@H]1C[C@@H](NC(=O)c2sc3ccccc3c2Cl)CN1C(=O)[C@@H](NC(=O)CC1CC1)C(=C)C)C(=O)O. The van der Waals surface area contributed by atoms with Gasteiger partial charge >= 0.3 is 5.97 Å². The quantitative estimate of drug-likeness (QED) is 0.287. The number of hydrogen-bond donors (Lipinski definition) is 4. The molecule has 2 aliphatic carbocycles. The summed E-state index contributed by atoms with van der Waals surface area (Å²) in [5.74, 6) is -3.25. The van der Waals surface area contributed by atoms with Crippen LogP contribution < -0.4 is 16.0 Å². The maximum atomic E-state index is 13.9. The molecule has 1 aromatic carbocycles. The van der Waals surface area contributed by atoms with E-state index in [9.17, 15) is 29.1 Å². The lowest BCUT2D eigenvalue weighted by molar-refractivity contribution is -0.145. The number of carbonyl (C=O) groups is 5. The molecule has 222 valence electrons. The van der Waals surface area contributed by atoms with E-state index >= 15 is 0 Å². The molecule has 0 radical (unpaired) electrons. The summed E-state index contributed by atoms with van der Waals surface area (Å²) < 4.78 is 0.847. The molecular formula is C30H33ClN4O6S. The molecular weight excluding hydrogens is 580 g/mol. The molecule has 1 aliphatic heterocycles. The largest absolute Gasteiger partial charge is 0.479 e. The first-order valence-electron chi connectivity index (χ1n) is 13.9. The van der Waals surface area contributed by atoms with Crippen molar-refractivity contribution in [1.82, 2.24) is 20.9 Å². The summed E-state index contributed by atoms with van der Waals surface area (Å²) in [4.78, 5) is 67.0. The zero-order valence-electron chi connectivity index (χ0n) is 23.2. The molecule has 2 heterocycles. The Morgan fingerprint density at radius 2 is 1.95 bits per heavy atom. The van der Waals surface area contributed by atoms with Gasteiger partial charge in [-0.2, -0.15) is 0 Å². The van der Waals surface area contributed by atoms with Crippen LogP contribution in [0.2, 0.25) is 5.02 Å². The molecule has 2 aromatic rings. The summed E-state index contributed by atoms with van der Waals surface area (Å²) in [6.45, 7) is 9.12. The van der Waals surface area contributed by atoms with Crippen molar-refractivity contribution < 1.29 is 29.1 Å². The minimum Gasteiger partial charge on any atom is -0.479 e. The minimum absolute atomic E-state index is 0.0294. The highest BCUT2D eigenvalue weighted by molar-refractivity contribution is 7.21. The third-order valence-electron chi connectivity index (χ3n) is 8.21. The third kappa shape index (κ3) is 5.80. The average Bonchev–Trinajstić information content (AvgIpc) is 3.83. The van der Waals surface area contributed by atoms with Gasteiger partial charge in [0.25, 0.3) is 5.91 Å². The first kappa shape index (κ1) is 29.8. The molecule has 1 aromatic heterocycles. The van der Waals surface area contributed by atoms with Gasteiger partial charge in [0.1, 0.15) is 22.5 Å². The van der Waals surface area contributed by atoms with Crippen LogP contribution in [0.3, 0.4) is 0 Å². The van der Waals surface area contributed by atoms with E-state index in [2.05, 4.69) is 29.1 Å². The number of likely N-dealkylation sites (tertiary alicyclic amines) is 1. The number of halogens is 1. The molecule has 1 saturated heterocycles. The summed E-state index contributed by atoms with van der Waals surface area (Å²) >= 11 is 7.74. The smallest absolute Gasteiger partial charge is 0.330 e. The summed E-state index contributed by atoms with van der Waals surface area (Å²) in [5, 5.41) is 19.2. The molecule has 3 aliphatic rings. The van der Waals surface area contributed by atoms with E-state index in [1.165, 1.54) is 22.3 Å². The summed E-state index contributed by atoms with van der Waals surface area (Å²) in [7, 11) is 0. The molecule has 3 fully saturated rings. The third-order valence-corrected chi connectivity index (χ3v) is 9.88. The Bertz CT molecular complexity index is 1500. The lowest BCUT2D eigenvalue weighted by Crippen LogP contribution is -2.56. The molecule has 2 saturated carbocycles. The number of thiophene rings is 1. The minimum atomic E-state index is -1.49. The second kappa shape index (κ2) is 11.5. The summed E-state index contributed by atoms with van der Waals surface area (Å²) in [5.41, 5.74) is -1.10. The Hall–Kier alpha value is -3.70. The van der Waals surface area contributed by atoms with E-state index in [1.807, 2.05) is 24.3 Å². The van der Waals surface area contributed by atoms with Crippen molar-refractivity contribution >= 4 is 62.6 Å². The molecule has 5 rings (SSSR count). The summed E-state index contributed by atoms with van der Waals surface area (Å²) in [6.07, 6.45) is 3.95. The highest BCUT2D eigenvalue weighted by Crippen LogP contribution is 2.45. The Morgan fingerprint density at radius 1 is 1.24 bits per heavy atom. The topological polar surface area (TPSA) is 145 Å². The Balaban J connectivity index is 1.37. The van der Waals surface area contributed by atoms with Crippen LogP contribution in [0.5, 0.6) is 0 Å². The van der Waals surface area contributed by atoms with E-state index in [-0.39, 0.29) is 25.3 Å². The fourth-order valence-corrected chi connectivity index (χ4v) is 6.95. The van der Waals surface area contributed by atoms with Gasteiger partial charge in [-0.3, -0.25) is 19.2 Å². The molecule has 2 unspecified atom stereocenters. The van der Waals surface area contributed by atoms with Crippen LogP contribution >= 0.6 is 22.9 Å². The predicted octanol–water partition coefficient (Wildman–Crippen LogP) is 3.26. The van der Waals surface area contributed by atoms with Crippen molar-refractivity contribution in [3.05, 3.63) is 59.0 Å². The van der Waals surface area contributed by atoms with E-state index in [0.717, 1.165) is 22.9 Å². The second-order valence-electron chi connectivity index (χ2n) is 11.5. The number of nitrogens with zero attached hydrogens (tertiary/aromatic N) is 1. The van der Waals surface area contributed by atoms with Crippen LogP contribution in [0.1, 0.15) is 48.7 Å². The molecule has 10 nitrogen and oxygen atoms in total. The van der Waals surface area contributed by atoms with E-state index in [4.69, 9.17) is 11.6 Å². The number of carboxylic acid groups (broad SMARTS) is 1. The lowest BCUT2D eigenvalue weighted by atomic mass is 10.1. The van der Waals surface area contributed by atoms with Crippen molar-refractivity contribution in [2.75, 3.05) is 6.54 Å². The van der Waals surface area contributed by atoms with Crippen LogP contribution in [-0.4, -0.2) is 69.8 Å². The first-order valence-corrected chi connectivity index (χ1v) is 15.1. The van der Waals surface area contributed by atoms with Gasteiger partial charge in [0.05, 0.1) is 5.02 Å². The zero-order valence-corrected chi connectivity index (χ0v) is 24.7. The highest BCUT2D eigenvalue weighted by atomic mass is 35.5. The normalized spacial score (nSPS) is 25.4. The maximum Gasteiger partial charge on any atom is 0.330 e. The van der Waals surface area contributed by atoms with Crippen molar-refractivity contribution in [2.24, 2.45) is 11.8 Å². The lowest BCUT2D eigenvalue weighted by Gasteiger charge is -2.29. The van der Waals surface area contributed by atoms with Crippen LogP contribution in [0, 0.1) is 11.8 Å². The van der Waals surface area contributed by atoms with Gasteiger partial charge in [-0.25, -0.2) is 4.79 Å². The molecule has 5 atom stereocenters. The monoisotopic (exact) mass is 612 g/mol. The predicted molar refractivity (Wildman–Crippen MR) is 159 cm³/mol. The molecule has 0 spiro atoms. The fourth-order valence-electron chi connectivity index (χ4n) is 5.53. The first-order chi connectivity index (χ1) is 19.9. The molecule has 12 heteroatoms.